The van der Waals surface area contributed by atoms with Crippen LogP contribution in [0.25, 0.3) is 10.9 Å². The van der Waals surface area contributed by atoms with Gasteiger partial charge in [0, 0.05) is 11.6 Å². The smallest absolute Gasteiger partial charge is 0.265 e. The summed E-state index contributed by atoms with van der Waals surface area (Å²) in [4.78, 5) is 4.58. The van der Waals surface area contributed by atoms with E-state index in [4.69, 9.17) is 27.9 Å². The lowest BCUT2D eigenvalue weighted by molar-refractivity contribution is 0.287. The van der Waals surface area contributed by atoms with E-state index in [-0.39, 0.29) is 11.4 Å². The molecular weight excluding hydrogens is 500 g/mol. The first-order valence-electron chi connectivity index (χ1n) is 11.2. The van der Waals surface area contributed by atoms with Crippen molar-refractivity contribution < 1.29 is 17.5 Å². The van der Waals surface area contributed by atoms with E-state index in [1.807, 2.05) is 0 Å². The lowest BCUT2D eigenvalue weighted by Gasteiger charge is -2.13. The van der Waals surface area contributed by atoms with Crippen molar-refractivity contribution in [3.05, 3.63) is 52.4 Å². The third kappa shape index (κ3) is 6.78. The molecule has 0 fully saturated rings. The molecule has 0 radical (unpaired) electrons. The maximum atomic E-state index is 15.0. The number of aromatic amines is 1. The zero-order valence-corrected chi connectivity index (χ0v) is 21.7. The first-order chi connectivity index (χ1) is 16.2. The van der Waals surface area contributed by atoms with Gasteiger partial charge in [-0.1, -0.05) is 55.0 Å². The summed E-state index contributed by atoms with van der Waals surface area (Å²) in [5.41, 5.74) is 0.623. The van der Waals surface area contributed by atoms with Gasteiger partial charge in [0.2, 0.25) is 0 Å². The van der Waals surface area contributed by atoms with Gasteiger partial charge in [0.1, 0.15) is 4.90 Å². The number of anilines is 1. The molecule has 0 saturated heterocycles. The first kappa shape index (κ1) is 26.6. The monoisotopic (exact) mass is 529 g/mol. The number of aromatic nitrogens is 1. The van der Waals surface area contributed by atoms with Crippen LogP contribution in [0.4, 0.5) is 10.1 Å². The predicted octanol–water partition coefficient (Wildman–Crippen LogP) is 6.70. The van der Waals surface area contributed by atoms with E-state index in [1.54, 1.807) is 0 Å². The highest BCUT2D eigenvalue weighted by Gasteiger charge is 2.23. The second-order valence-electron chi connectivity index (χ2n) is 8.43. The fraction of sp³-hybridized carbons (Fsp3) is 0.417. The van der Waals surface area contributed by atoms with E-state index in [0.717, 1.165) is 32.2 Å². The van der Waals surface area contributed by atoms with Gasteiger partial charge < -0.3 is 14.6 Å². The zero-order valence-electron chi connectivity index (χ0n) is 19.3. The minimum absolute atomic E-state index is 0.0852. The molecule has 6 nitrogen and oxygen atoms in total. The molecule has 10 heteroatoms. The fourth-order valence-corrected chi connectivity index (χ4v) is 5.40. The Bertz CT molecular complexity index is 1220. The van der Waals surface area contributed by atoms with Crippen LogP contribution in [-0.4, -0.2) is 45.5 Å². The van der Waals surface area contributed by atoms with Crippen LogP contribution in [0.15, 0.2) is 41.4 Å². The Balaban J connectivity index is 1.59. The molecule has 0 spiro atoms. The Morgan fingerprint density at radius 1 is 1.00 bits per heavy atom. The van der Waals surface area contributed by atoms with Gasteiger partial charge in [0.25, 0.3) is 10.0 Å². The summed E-state index contributed by atoms with van der Waals surface area (Å²) in [7, 11) is -0.0895. The standard InChI is InChI=1S/C24H30Cl2FN3O3S/c1-30(2)14-7-5-3-4-6-8-15-33-20-10-9-11-21(23(20)27)34(31,32)29-19-13-12-17(25)22-18(26)16-28-24(19)22/h9-13,16,28-29H,3-8,14-15H2,1-2H3. The molecular formula is C24H30Cl2FN3O3S. The van der Waals surface area contributed by atoms with Gasteiger partial charge in [0.05, 0.1) is 27.9 Å². The molecule has 2 aromatic carbocycles. The third-order valence-electron chi connectivity index (χ3n) is 5.46. The highest BCUT2D eigenvalue weighted by atomic mass is 35.5. The van der Waals surface area contributed by atoms with E-state index < -0.39 is 20.7 Å². The SMILES string of the molecule is CN(C)CCCCCCCCOc1cccc(S(=O)(=O)Nc2ccc(Cl)c3c(Cl)c[nH]c23)c1F. The molecule has 1 aromatic heterocycles. The quantitative estimate of drug-likeness (QED) is 0.241. The van der Waals surface area contributed by atoms with Gasteiger partial charge in [0.15, 0.2) is 11.6 Å². The number of sulfonamides is 1. The van der Waals surface area contributed by atoms with Crippen molar-refractivity contribution in [3.63, 3.8) is 0 Å². The number of halogens is 3. The van der Waals surface area contributed by atoms with Crippen molar-refractivity contribution in [2.45, 2.75) is 43.4 Å². The Kier molecular flexibility index (Phi) is 9.47. The summed E-state index contributed by atoms with van der Waals surface area (Å²) >= 11 is 12.3. The second-order valence-corrected chi connectivity index (χ2v) is 10.9. The first-order valence-corrected chi connectivity index (χ1v) is 13.5. The molecule has 0 atom stereocenters. The molecule has 0 unspecified atom stereocenters. The number of hydrogen-bond acceptors (Lipinski definition) is 4. The Labute approximate surface area is 210 Å². The summed E-state index contributed by atoms with van der Waals surface area (Å²) in [6, 6.07) is 7.11. The number of unbranched alkanes of at least 4 members (excludes halogenated alkanes) is 5. The molecule has 0 aliphatic rings. The number of benzene rings is 2. The van der Waals surface area contributed by atoms with Gasteiger partial charge in [-0.2, -0.15) is 0 Å². The zero-order chi connectivity index (χ0) is 24.7. The average molecular weight is 530 g/mol. The highest BCUT2D eigenvalue weighted by molar-refractivity contribution is 7.92. The summed E-state index contributed by atoms with van der Waals surface area (Å²) in [5.74, 6) is -1.01. The maximum absolute atomic E-state index is 15.0. The summed E-state index contributed by atoms with van der Waals surface area (Å²) in [6.45, 7) is 1.42. The molecule has 0 aliphatic carbocycles. The van der Waals surface area contributed by atoms with Crippen molar-refractivity contribution >= 4 is 49.8 Å². The summed E-state index contributed by atoms with van der Waals surface area (Å²) in [6.07, 6.45) is 7.89. The highest BCUT2D eigenvalue weighted by Crippen LogP contribution is 2.36. The van der Waals surface area contributed by atoms with Gasteiger partial charge in [-0.3, -0.25) is 4.72 Å². The van der Waals surface area contributed by atoms with Gasteiger partial charge in [-0.05, 0) is 57.7 Å². The van der Waals surface area contributed by atoms with Crippen molar-refractivity contribution in [3.8, 4) is 5.75 Å². The molecule has 0 amide bonds. The van der Waals surface area contributed by atoms with Crippen LogP contribution < -0.4 is 9.46 Å². The Morgan fingerprint density at radius 2 is 1.71 bits per heavy atom. The minimum atomic E-state index is -4.23. The number of rotatable bonds is 13. The minimum Gasteiger partial charge on any atom is -0.490 e. The van der Waals surface area contributed by atoms with Crippen LogP contribution in [0.5, 0.6) is 5.75 Å². The van der Waals surface area contributed by atoms with Crippen LogP contribution in [0, 0.1) is 5.82 Å². The van der Waals surface area contributed by atoms with Crippen molar-refractivity contribution in [1.82, 2.24) is 9.88 Å². The molecule has 0 saturated carbocycles. The van der Waals surface area contributed by atoms with Gasteiger partial charge in [-0.25, -0.2) is 12.8 Å². The lowest BCUT2D eigenvalue weighted by atomic mass is 10.1. The Morgan fingerprint density at radius 3 is 2.44 bits per heavy atom. The number of nitrogens with one attached hydrogen (secondary N) is 2. The average Bonchev–Trinajstić information content (AvgIpc) is 3.18. The molecule has 34 heavy (non-hydrogen) atoms. The molecule has 186 valence electrons. The van der Waals surface area contributed by atoms with E-state index >= 15 is 4.39 Å². The Hall–Kier alpha value is -2.00. The van der Waals surface area contributed by atoms with Crippen LogP contribution in [0.2, 0.25) is 10.0 Å². The maximum Gasteiger partial charge on any atom is 0.265 e. The van der Waals surface area contributed by atoms with E-state index in [9.17, 15) is 8.42 Å². The van der Waals surface area contributed by atoms with Crippen molar-refractivity contribution in [2.75, 3.05) is 32.0 Å². The molecule has 2 N–H and O–H groups in total. The molecule has 3 aromatic rings. The van der Waals surface area contributed by atoms with Crippen LogP contribution in [-0.2, 0) is 10.0 Å². The number of H-pyrrole nitrogens is 1. The van der Waals surface area contributed by atoms with E-state index in [1.165, 1.54) is 49.4 Å². The van der Waals surface area contributed by atoms with Gasteiger partial charge in [-0.15, -0.1) is 0 Å². The van der Waals surface area contributed by atoms with E-state index in [2.05, 4.69) is 28.7 Å². The molecule has 0 aliphatic heterocycles. The lowest BCUT2D eigenvalue weighted by Crippen LogP contribution is -2.15. The van der Waals surface area contributed by atoms with Crippen LogP contribution in [0.3, 0.4) is 0 Å². The third-order valence-corrected chi connectivity index (χ3v) is 7.45. The fourth-order valence-electron chi connectivity index (χ4n) is 3.68. The largest absolute Gasteiger partial charge is 0.490 e. The van der Waals surface area contributed by atoms with Gasteiger partial charge >= 0.3 is 0 Å². The normalized spacial score (nSPS) is 11.9. The van der Waals surface area contributed by atoms with Crippen LogP contribution in [0.1, 0.15) is 38.5 Å². The molecule has 1 heterocycles. The number of fused-ring (bicyclic) bond motifs is 1. The summed E-state index contributed by atoms with van der Waals surface area (Å²) < 4.78 is 48.9. The number of hydrogen-bond donors (Lipinski definition) is 2. The van der Waals surface area contributed by atoms with Crippen molar-refractivity contribution in [2.24, 2.45) is 0 Å². The summed E-state index contributed by atoms with van der Waals surface area (Å²) in [5, 5.41) is 1.22. The topological polar surface area (TPSA) is 74.4 Å². The molecule has 3 rings (SSSR count). The molecule has 0 bridgehead atoms. The second kappa shape index (κ2) is 12.1. The predicted molar refractivity (Wildman–Crippen MR) is 137 cm³/mol. The number of nitrogens with zero attached hydrogens (tertiary/aromatic N) is 1. The van der Waals surface area contributed by atoms with Crippen LogP contribution >= 0.6 is 23.2 Å². The van der Waals surface area contributed by atoms with Crippen molar-refractivity contribution in [1.29, 1.82) is 0 Å². The van der Waals surface area contributed by atoms with E-state index in [0.29, 0.717) is 27.6 Å². The number of ether oxygens (including phenoxy) is 1.